The van der Waals surface area contributed by atoms with E-state index in [0.29, 0.717) is 0 Å². The lowest BCUT2D eigenvalue weighted by Gasteiger charge is -2.34. The first-order valence-electron chi connectivity index (χ1n) is 7.55. The molecule has 1 N–H and O–H groups in total. The SMILES string of the molecule is O=C(NC1CCCN(c2ncnc3sccc23)C1)C1CC1. The normalized spacial score (nSPS) is 22.5. The first-order chi connectivity index (χ1) is 10.3. The molecule has 2 aromatic heterocycles. The van der Waals surface area contributed by atoms with E-state index in [-0.39, 0.29) is 17.9 Å². The molecule has 0 aromatic carbocycles. The first kappa shape index (κ1) is 13.0. The van der Waals surface area contributed by atoms with Crippen molar-refractivity contribution in [1.82, 2.24) is 15.3 Å². The second kappa shape index (κ2) is 5.26. The molecule has 2 fully saturated rings. The third-order valence-corrected chi connectivity index (χ3v) is 5.08. The zero-order valence-electron chi connectivity index (χ0n) is 11.8. The van der Waals surface area contributed by atoms with Crippen molar-refractivity contribution in [3.05, 3.63) is 17.8 Å². The van der Waals surface area contributed by atoms with E-state index in [0.717, 1.165) is 54.8 Å². The fourth-order valence-electron chi connectivity index (χ4n) is 2.98. The smallest absolute Gasteiger partial charge is 0.223 e. The number of nitrogens with zero attached hydrogens (tertiary/aromatic N) is 3. The largest absolute Gasteiger partial charge is 0.354 e. The lowest BCUT2D eigenvalue weighted by atomic mass is 10.1. The van der Waals surface area contributed by atoms with Crippen molar-refractivity contribution in [3.63, 3.8) is 0 Å². The van der Waals surface area contributed by atoms with Gasteiger partial charge in [0.1, 0.15) is 17.0 Å². The summed E-state index contributed by atoms with van der Waals surface area (Å²) in [6.07, 6.45) is 5.91. The van der Waals surface area contributed by atoms with Gasteiger partial charge in [-0.1, -0.05) is 0 Å². The Labute approximate surface area is 127 Å². The molecule has 1 unspecified atom stereocenters. The van der Waals surface area contributed by atoms with Gasteiger partial charge in [-0.05, 0) is 37.1 Å². The van der Waals surface area contributed by atoms with Gasteiger partial charge in [0.15, 0.2) is 0 Å². The molecular weight excluding hydrogens is 284 g/mol. The molecule has 21 heavy (non-hydrogen) atoms. The summed E-state index contributed by atoms with van der Waals surface area (Å²) in [6, 6.07) is 2.33. The lowest BCUT2D eigenvalue weighted by molar-refractivity contribution is -0.123. The lowest BCUT2D eigenvalue weighted by Crippen LogP contribution is -2.48. The summed E-state index contributed by atoms with van der Waals surface area (Å²) in [5.74, 6) is 1.53. The van der Waals surface area contributed by atoms with Gasteiger partial charge in [-0.15, -0.1) is 11.3 Å². The van der Waals surface area contributed by atoms with E-state index in [2.05, 4.69) is 31.6 Å². The predicted octanol–water partition coefficient (Wildman–Crippen LogP) is 2.19. The molecule has 1 aliphatic heterocycles. The standard InChI is InChI=1S/C15H18N4OS/c20-14(10-3-4-10)18-11-2-1-6-19(8-11)13-12-5-7-21-15(12)17-9-16-13/h5,7,9-11H,1-4,6,8H2,(H,18,20). The Morgan fingerprint density at radius 1 is 1.33 bits per heavy atom. The number of amides is 1. The molecule has 110 valence electrons. The number of hydrogen-bond donors (Lipinski definition) is 1. The molecule has 5 nitrogen and oxygen atoms in total. The highest BCUT2D eigenvalue weighted by molar-refractivity contribution is 7.16. The predicted molar refractivity (Wildman–Crippen MR) is 83.5 cm³/mol. The summed E-state index contributed by atoms with van der Waals surface area (Å²) < 4.78 is 0. The number of carbonyl (C=O) groups is 1. The van der Waals surface area contributed by atoms with Crippen molar-refractivity contribution in [2.24, 2.45) is 5.92 Å². The van der Waals surface area contributed by atoms with Gasteiger partial charge >= 0.3 is 0 Å². The Morgan fingerprint density at radius 3 is 3.10 bits per heavy atom. The van der Waals surface area contributed by atoms with Crippen LogP contribution in [-0.4, -0.2) is 35.0 Å². The van der Waals surface area contributed by atoms with Gasteiger partial charge in [-0.2, -0.15) is 0 Å². The number of fused-ring (bicyclic) bond motifs is 1. The Kier molecular flexibility index (Phi) is 3.25. The summed E-state index contributed by atoms with van der Waals surface area (Å²) in [7, 11) is 0. The minimum absolute atomic E-state index is 0.241. The van der Waals surface area contributed by atoms with Crippen LogP contribution in [0.5, 0.6) is 0 Å². The van der Waals surface area contributed by atoms with E-state index >= 15 is 0 Å². The molecule has 0 spiro atoms. The van der Waals surface area contributed by atoms with Gasteiger partial charge in [-0.3, -0.25) is 4.79 Å². The Bertz CT molecular complexity index is 666. The van der Waals surface area contributed by atoms with Crippen LogP contribution in [0.2, 0.25) is 0 Å². The van der Waals surface area contributed by atoms with Crippen LogP contribution in [-0.2, 0) is 4.79 Å². The number of aromatic nitrogens is 2. The zero-order valence-corrected chi connectivity index (χ0v) is 12.6. The molecule has 1 saturated carbocycles. The number of rotatable bonds is 3. The summed E-state index contributed by atoms with van der Waals surface area (Å²) in [5, 5.41) is 6.38. The van der Waals surface area contributed by atoms with Gasteiger partial charge < -0.3 is 10.2 Å². The number of hydrogen-bond acceptors (Lipinski definition) is 5. The van der Waals surface area contributed by atoms with Crippen LogP contribution in [0, 0.1) is 5.92 Å². The van der Waals surface area contributed by atoms with E-state index in [4.69, 9.17) is 0 Å². The molecule has 4 rings (SSSR count). The maximum atomic E-state index is 11.9. The summed E-state index contributed by atoms with van der Waals surface area (Å²) >= 11 is 1.64. The molecule has 1 saturated heterocycles. The van der Waals surface area contributed by atoms with Crippen molar-refractivity contribution in [3.8, 4) is 0 Å². The van der Waals surface area contributed by atoms with Crippen LogP contribution in [0.1, 0.15) is 25.7 Å². The average molecular weight is 302 g/mol. The maximum absolute atomic E-state index is 11.9. The molecule has 1 aliphatic carbocycles. The van der Waals surface area contributed by atoms with Gasteiger partial charge in [0, 0.05) is 25.0 Å². The van der Waals surface area contributed by atoms with Crippen molar-refractivity contribution in [2.45, 2.75) is 31.7 Å². The molecule has 0 bridgehead atoms. The number of carbonyl (C=O) groups excluding carboxylic acids is 1. The van der Waals surface area contributed by atoms with Crippen LogP contribution < -0.4 is 10.2 Å². The summed E-state index contributed by atoms with van der Waals surface area (Å²) in [4.78, 5) is 24.0. The first-order valence-corrected chi connectivity index (χ1v) is 8.43. The van der Waals surface area contributed by atoms with Gasteiger partial charge in [0.2, 0.25) is 5.91 Å². The Balaban J connectivity index is 1.52. The molecular formula is C15H18N4OS. The van der Waals surface area contributed by atoms with Gasteiger partial charge in [0.25, 0.3) is 0 Å². The van der Waals surface area contributed by atoms with E-state index in [1.54, 1.807) is 17.7 Å². The van der Waals surface area contributed by atoms with Crippen LogP contribution >= 0.6 is 11.3 Å². The number of nitrogens with one attached hydrogen (secondary N) is 1. The molecule has 1 atom stereocenters. The molecule has 2 aromatic rings. The fraction of sp³-hybridized carbons (Fsp3) is 0.533. The van der Waals surface area contributed by atoms with Crippen LogP contribution in [0.3, 0.4) is 0 Å². The van der Waals surface area contributed by atoms with Crippen LogP contribution in [0.15, 0.2) is 17.8 Å². The number of piperidine rings is 1. The quantitative estimate of drug-likeness (QED) is 0.944. The summed E-state index contributed by atoms with van der Waals surface area (Å²) in [6.45, 7) is 1.85. The van der Waals surface area contributed by atoms with Crippen molar-refractivity contribution < 1.29 is 4.79 Å². The minimum atomic E-state index is 0.241. The second-order valence-electron chi connectivity index (χ2n) is 5.90. The second-order valence-corrected chi connectivity index (χ2v) is 6.80. The molecule has 1 amide bonds. The van der Waals surface area contributed by atoms with E-state index < -0.39 is 0 Å². The fourth-order valence-corrected chi connectivity index (χ4v) is 3.71. The van der Waals surface area contributed by atoms with Crippen LogP contribution in [0.4, 0.5) is 5.82 Å². The highest BCUT2D eigenvalue weighted by Crippen LogP contribution is 2.30. The third-order valence-electron chi connectivity index (χ3n) is 4.26. The van der Waals surface area contributed by atoms with E-state index in [1.807, 2.05) is 0 Å². The Hall–Kier alpha value is -1.69. The topological polar surface area (TPSA) is 58.1 Å². The molecule has 6 heteroatoms. The van der Waals surface area contributed by atoms with Crippen molar-refractivity contribution in [1.29, 1.82) is 0 Å². The molecule has 2 aliphatic rings. The monoisotopic (exact) mass is 302 g/mol. The molecule has 3 heterocycles. The third kappa shape index (κ3) is 2.60. The van der Waals surface area contributed by atoms with E-state index in [9.17, 15) is 4.79 Å². The highest BCUT2D eigenvalue weighted by Gasteiger charge is 2.32. The molecule has 0 radical (unpaired) electrons. The zero-order chi connectivity index (χ0) is 14.2. The average Bonchev–Trinajstić information content (AvgIpc) is 3.25. The van der Waals surface area contributed by atoms with Crippen molar-refractivity contribution >= 4 is 33.3 Å². The van der Waals surface area contributed by atoms with Crippen LogP contribution in [0.25, 0.3) is 10.2 Å². The van der Waals surface area contributed by atoms with Gasteiger partial charge in [0.05, 0.1) is 5.39 Å². The Morgan fingerprint density at radius 2 is 2.24 bits per heavy atom. The number of thiophene rings is 1. The summed E-state index contributed by atoms with van der Waals surface area (Å²) in [5.41, 5.74) is 0. The minimum Gasteiger partial charge on any atom is -0.354 e. The maximum Gasteiger partial charge on any atom is 0.223 e. The van der Waals surface area contributed by atoms with E-state index in [1.165, 1.54) is 0 Å². The number of anilines is 1. The van der Waals surface area contributed by atoms with Gasteiger partial charge in [-0.25, -0.2) is 9.97 Å². The van der Waals surface area contributed by atoms with Crippen molar-refractivity contribution in [2.75, 3.05) is 18.0 Å². The highest BCUT2D eigenvalue weighted by atomic mass is 32.1.